The first-order valence-electron chi connectivity index (χ1n) is 7.26. The van der Waals surface area contributed by atoms with Crippen LogP contribution in [0.2, 0.25) is 0 Å². The average molecular weight is 361 g/mol. The molecule has 0 aliphatic heterocycles. The third-order valence-corrected chi connectivity index (χ3v) is 2.50. The van der Waals surface area contributed by atoms with Gasteiger partial charge < -0.3 is 29.8 Å². The van der Waals surface area contributed by atoms with Gasteiger partial charge in [-0.05, 0) is 13.8 Å². The third-order valence-electron chi connectivity index (χ3n) is 2.02. The second-order valence-electron chi connectivity index (χ2n) is 3.87. The van der Waals surface area contributed by atoms with Crippen molar-refractivity contribution in [2.24, 2.45) is 0 Å². The van der Waals surface area contributed by atoms with E-state index in [1.165, 1.54) is 6.08 Å². The summed E-state index contributed by atoms with van der Waals surface area (Å²) in [6.45, 7) is 10.5. The molecule has 0 aromatic heterocycles. The molecule has 23 heavy (non-hydrogen) atoms. The van der Waals surface area contributed by atoms with Crippen LogP contribution in [0.25, 0.3) is 0 Å². The number of nitrogens with zero attached hydrogens (tertiary/aromatic N) is 1. The lowest BCUT2D eigenvalue weighted by atomic mass is 10.4. The number of phosphoric ester groups is 1. The first-order valence-corrected chi connectivity index (χ1v) is 8.79. The highest BCUT2D eigenvalue weighted by atomic mass is 31.2. The van der Waals surface area contributed by atoms with Crippen LogP contribution in [0.1, 0.15) is 13.8 Å². The lowest BCUT2D eigenvalue weighted by Gasteiger charge is -2.17. The summed E-state index contributed by atoms with van der Waals surface area (Å²) in [4.78, 5) is 17.8. The van der Waals surface area contributed by atoms with E-state index >= 15 is 0 Å². The van der Waals surface area contributed by atoms with Crippen LogP contribution in [0.15, 0.2) is 12.7 Å². The number of ether oxygens (including phenoxy) is 1. The smallest absolute Gasteiger partial charge is 0.395 e. The lowest BCUT2D eigenvalue weighted by Crippen LogP contribution is -2.32. The number of phosphoric acid groups is 1. The van der Waals surface area contributed by atoms with E-state index in [4.69, 9.17) is 29.8 Å². The van der Waals surface area contributed by atoms with E-state index < -0.39 is 7.82 Å². The Morgan fingerprint density at radius 1 is 1.00 bits per heavy atom. The van der Waals surface area contributed by atoms with Gasteiger partial charge in [0.1, 0.15) is 0 Å². The summed E-state index contributed by atoms with van der Waals surface area (Å²) in [5.41, 5.74) is 0. The van der Waals surface area contributed by atoms with Gasteiger partial charge in [0.2, 0.25) is 0 Å². The van der Waals surface area contributed by atoms with Gasteiger partial charge in [0.05, 0.1) is 26.4 Å². The van der Waals surface area contributed by atoms with Crippen LogP contribution >= 0.6 is 7.82 Å². The predicted octanol–water partition coefficient (Wildman–Crippen LogP) is -0.410. The van der Waals surface area contributed by atoms with Crippen molar-refractivity contribution in [1.29, 1.82) is 0 Å². The van der Waals surface area contributed by atoms with Crippen molar-refractivity contribution in [2.75, 3.05) is 59.3 Å². The number of rotatable bonds is 11. The molecule has 0 saturated carbocycles. The van der Waals surface area contributed by atoms with Crippen LogP contribution in [0.4, 0.5) is 0 Å². The molecule has 9 nitrogen and oxygen atoms in total. The van der Waals surface area contributed by atoms with E-state index in [0.717, 1.165) is 13.2 Å². The van der Waals surface area contributed by atoms with E-state index in [1.807, 2.05) is 13.8 Å². The van der Waals surface area contributed by atoms with Crippen molar-refractivity contribution >= 4 is 7.82 Å². The van der Waals surface area contributed by atoms with E-state index in [2.05, 4.69) is 11.1 Å². The van der Waals surface area contributed by atoms with E-state index in [9.17, 15) is 4.57 Å². The summed E-state index contributed by atoms with van der Waals surface area (Å²) in [7, 11) is -4.25. The highest BCUT2D eigenvalue weighted by Crippen LogP contribution is 2.35. The van der Waals surface area contributed by atoms with Gasteiger partial charge in [0.15, 0.2) is 0 Å². The minimum absolute atomic E-state index is 0.0694. The monoisotopic (exact) mass is 361 g/mol. The summed E-state index contributed by atoms with van der Waals surface area (Å²) in [5.74, 6) is 0. The Bertz CT molecular complexity index is 258. The molecule has 10 heteroatoms. The summed E-state index contributed by atoms with van der Waals surface area (Å²) in [6.07, 6.45) is 1.26. The summed E-state index contributed by atoms with van der Waals surface area (Å²) < 4.78 is 18.6. The maximum absolute atomic E-state index is 9.81. The lowest BCUT2D eigenvalue weighted by molar-refractivity contribution is 0.136. The van der Waals surface area contributed by atoms with Crippen LogP contribution < -0.4 is 0 Å². The van der Waals surface area contributed by atoms with Crippen molar-refractivity contribution in [3.63, 3.8) is 0 Å². The molecule has 0 fully saturated rings. The molecule has 0 aliphatic carbocycles. The quantitative estimate of drug-likeness (QED) is 0.245. The van der Waals surface area contributed by atoms with Crippen molar-refractivity contribution < 1.29 is 38.9 Å². The van der Waals surface area contributed by atoms with Crippen molar-refractivity contribution in [3.8, 4) is 0 Å². The summed E-state index contributed by atoms with van der Waals surface area (Å²) in [5, 5.41) is 25.5. The number of hydrogen-bond donors (Lipinski definition) is 5. The minimum Gasteiger partial charge on any atom is -0.395 e. The standard InChI is InChI=1S/C6H15NO3.C4H10O.C3H7O4P/c8-4-1-7(2-5-9)3-6-10;1-3-5-4-2;1-2-3-7-8(4,5)6/h8-10H,1-6H2;3-4H2,1-2H3;2H,1,3H2,(H2,4,5,6). The SMILES string of the molecule is C=CCOP(=O)(O)O.CCOCC.OCCN(CCO)CCO. The van der Waals surface area contributed by atoms with Gasteiger partial charge in [-0.1, -0.05) is 6.08 Å². The molecule has 0 radical (unpaired) electrons. The maximum Gasteiger partial charge on any atom is 0.469 e. The van der Waals surface area contributed by atoms with Crippen LogP contribution in [-0.2, 0) is 13.8 Å². The molecule has 0 spiro atoms. The highest BCUT2D eigenvalue weighted by Gasteiger charge is 2.10. The van der Waals surface area contributed by atoms with Crippen LogP contribution in [0.5, 0.6) is 0 Å². The zero-order valence-electron chi connectivity index (χ0n) is 14.0. The Morgan fingerprint density at radius 3 is 1.52 bits per heavy atom. The Labute approximate surface area is 138 Å². The molecule has 0 bridgehead atoms. The Hall–Kier alpha value is -0.350. The molecule has 5 N–H and O–H groups in total. The normalized spacial score (nSPS) is 10.4. The molecule has 0 aromatic rings. The molecule has 0 aliphatic rings. The van der Waals surface area contributed by atoms with Gasteiger partial charge in [0, 0.05) is 32.8 Å². The Kier molecular flexibility index (Phi) is 25.9. The molecule has 0 rings (SSSR count). The third kappa shape index (κ3) is 34.1. The van der Waals surface area contributed by atoms with E-state index in [0.29, 0.717) is 19.6 Å². The van der Waals surface area contributed by atoms with E-state index in [-0.39, 0.29) is 26.4 Å². The minimum atomic E-state index is -4.25. The second-order valence-corrected chi connectivity index (χ2v) is 5.11. The van der Waals surface area contributed by atoms with Crippen molar-refractivity contribution in [2.45, 2.75) is 13.8 Å². The van der Waals surface area contributed by atoms with Crippen LogP contribution in [0, 0.1) is 0 Å². The molecular formula is C13H32NO8P. The average Bonchev–Trinajstić information content (AvgIpc) is 2.47. The maximum atomic E-state index is 9.81. The fourth-order valence-corrected chi connectivity index (χ4v) is 1.41. The topological polar surface area (TPSA) is 140 Å². The summed E-state index contributed by atoms with van der Waals surface area (Å²) in [6, 6.07) is 0. The fourth-order valence-electron chi connectivity index (χ4n) is 1.11. The molecule has 0 amide bonds. The zero-order chi connectivity index (χ0) is 18.6. The molecule has 0 atom stereocenters. The summed E-state index contributed by atoms with van der Waals surface area (Å²) >= 11 is 0. The zero-order valence-corrected chi connectivity index (χ0v) is 14.9. The first-order chi connectivity index (χ1) is 10.8. The molecule has 0 unspecified atom stereocenters. The molecule has 0 saturated heterocycles. The predicted molar refractivity (Wildman–Crippen MR) is 88.1 cm³/mol. The van der Waals surface area contributed by atoms with Gasteiger partial charge in [-0.25, -0.2) is 4.57 Å². The second kappa shape index (κ2) is 21.6. The number of aliphatic hydroxyl groups is 3. The Balaban J connectivity index is -0.000000276. The van der Waals surface area contributed by atoms with Gasteiger partial charge >= 0.3 is 7.82 Å². The van der Waals surface area contributed by atoms with Gasteiger partial charge in [-0.15, -0.1) is 6.58 Å². The van der Waals surface area contributed by atoms with Crippen LogP contribution in [0.3, 0.4) is 0 Å². The van der Waals surface area contributed by atoms with Gasteiger partial charge in [-0.2, -0.15) is 0 Å². The molecular weight excluding hydrogens is 329 g/mol. The molecule has 0 aromatic carbocycles. The molecule has 142 valence electrons. The molecule has 0 heterocycles. The Morgan fingerprint density at radius 2 is 1.39 bits per heavy atom. The van der Waals surface area contributed by atoms with Gasteiger partial charge in [-0.3, -0.25) is 9.42 Å². The largest absolute Gasteiger partial charge is 0.469 e. The number of hydrogen-bond acceptors (Lipinski definition) is 7. The van der Waals surface area contributed by atoms with Gasteiger partial charge in [0.25, 0.3) is 0 Å². The first kappa shape index (κ1) is 27.5. The highest BCUT2D eigenvalue weighted by molar-refractivity contribution is 7.46. The van der Waals surface area contributed by atoms with Crippen LogP contribution in [-0.4, -0.2) is 89.3 Å². The number of aliphatic hydroxyl groups excluding tert-OH is 3. The fraction of sp³-hybridized carbons (Fsp3) is 0.846. The van der Waals surface area contributed by atoms with Crippen molar-refractivity contribution in [3.05, 3.63) is 12.7 Å². The van der Waals surface area contributed by atoms with Crippen molar-refractivity contribution in [1.82, 2.24) is 4.90 Å². The van der Waals surface area contributed by atoms with E-state index in [1.54, 1.807) is 4.90 Å².